The van der Waals surface area contributed by atoms with E-state index in [2.05, 4.69) is 24.0 Å². The first-order valence-electron chi connectivity index (χ1n) is 10.4. The van der Waals surface area contributed by atoms with E-state index in [-0.39, 0.29) is 5.91 Å². The highest BCUT2D eigenvalue weighted by Gasteiger charge is 2.19. The minimum absolute atomic E-state index is 0.0435. The van der Waals surface area contributed by atoms with Crippen LogP contribution < -0.4 is 14.4 Å². The minimum Gasteiger partial charge on any atom is -0.490 e. The van der Waals surface area contributed by atoms with Crippen LogP contribution in [0.15, 0.2) is 54.6 Å². The fourth-order valence-electron chi connectivity index (χ4n) is 3.32. The zero-order chi connectivity index (χ0) is 20.5. The summed E-state index contributed by atoms with van der Waals surface area (Å²) in [5.41, 5.74) is 2.14. The summed E-state index contributed by atoms with van der Waals surface area (Å²) in [4.78, 5) is 16.8. The topological polar surface area (TPSA) is 42.0 Å². The van der Waals surface area contributed by atoms with Crippen molar-refractivity contribution in [1.82, 2.24) is 4.90 Å². The minimum atomic E-state index is 0.0435. The molecule has 2 aromatic carbocycles. The maximum Gasteiger partial charge on any atom is 0.246 e. The second-order valence-corrected chi connectivity index (χ2v) is 6.97. The molecular weight excluding hydrogens is 364 g/mol. The predicted octanol–water partition coefficient (Wildman–Crippen LogP) is 4.24. The van der Waals surface area contributed by atoms with E-state index < -0.39 is 0 Å². The van der Waals surface area contributed by atoms with Gasteiger partial charge < -0.3 is 19.3 Å². The summed E-state index contributed by atoms with van der Waals surface area (Å²) in [6.07, 6.45) is 4.44. The average Bonchev–Trinajstić information content (AvgIpc) is 2.78. The van der Waals surface area contributed by atoms with E-state index in [4.69, 9.17) is 9.47 Å². The molecule has 2 aromatic rings. The van der Waals surface area contributed by atoms with Gasteiger partial charge in [-0.25, -0.2) is 0 Å². The van der Waals surface area contributed by atoms with Gasteiger partial charge in [0.25, 0.3) is 0 Å². The quantitative estimate of drug-likeness (QED) is 0.628. The van der Waals surface area contributed by atoms with Crippen LogP contribution in [0.1, 0.15) is 25.8 Å². The van der Waals surface area contributed by atoms with E-state index in [0.717, 1.165) is 43.9 Å². The molecule has 0 unspecified atom stereocenters. The number of hydrogen-bond donors (Lipinski definition) is 0. The summed E-state index contributed by atoms with van der Waals surface area (Å²) in [6.45, 7) is 8.40. The van der Waals surface area contributed by atoms with Crippen molar-refractivity contribution in [2.24, 2.45) is 0 Å². The SMILES string of the molecule is CCCOc1ccc(/C=C/C(=O)N2CCN(c3ccccc3)CC2)cc1OCC. The third-order valence-corrected chi connectivity index (χ3v) is 4.86. The van der Waals surface area contributed by atoms with Crippen LogP contribution in [0.25, 0.3) is 6.08 Å². The van der Waals surface area contributed by atoms with E-state index >= 15 is 0 Å². The first-order chi connectivity index (χ1) is 14.2. The molecule has 1 aliphatic rings. The van der Waals surface area contributed by atoms with Crippen LogP contribution in [0, 0.1) is 0 Å². The highest BCUT2D eigenvalue weighted by Crippen LogP contribution is 2.29. The molecule has 0 aromatic heterocycles. The van der Waals surface area contributed by atoms with Gasteiger partial charge in [0.2, 0.25) is 5.91 Å². The Morgan fingerprint density at radius 2 is 1.72 bits per heavy atom. The van der Waals surface area contributed by atoms with Gasteiger partial charge in [-0.15, -0.1) is 0 Å². The lowest BCUT2D eigenvalue weighted by atomic mass is 10.1. The lowest BCUT2D eigenvalue weighted by molar-refractivity contribution is -0.126. The number of piperazine rings is 1. The Morgan fingerprint density at radius 1 is 0.966 bits per heavy atom. The number of nitrogens with zero attached hydrogens (tertiary/aromatic N) is 2. The van der Waals surface area contributed by atoms with Crippen molar-refractivity contribution < 1.29 is 14.3 Å². The van der Waals surface area contributed by atoms with Crippen molar-refractivity contribution in [3.8, 4) is 11.5 Å². The van der Waals surface area contributed by atoms with Gasteiger partial charge in [-0.3, -0.25) is 4.79 Å². The predicted molar refractivity (Wildman–Crippen MR) is 118 cm³/mol. The smallest absolute Gasteiger partial charge is 0.246 e. The zero-order valence-corrected chi connectivity index (χ0v) is 17.3. The fourth-order valence-corrected chi connectivity index (χ4v) is 3.32. The number of amides is 1. The monoisotopic (exact) mass is 394 g/mol. The van der Waals surface area contributed by atoms with Gasteiger partial charge in [0, 0.05) is 37.9 Å². The second-order valence-electron chi connectivity index (χ2n) is 6.97. The highest BCUT2D eigenvalue weighted by atomic mass is 16.5. The molecule has 29 heavy (non-hydrogen) atoms. The number of rotatable bonds is 8. The third kappa shape index (κ3) is 5.76. The van der Waals surface area contributed by atoms with Gasteiger partial charge in [0.1, 0.15) is 0 Å². The molecule has 3 rings (SSSR count). The molecule has 1 heterocycles. The molecule has 1 fully saturated rings. The van der Waals surface area contributed by atoms with Gasteiger partial charge in [-0.2, -0.15) is 0 Å². The van der Waals surface area contributed by atoms with Gasteiger partial charge in [-0.1, -0.05) is 31.2 Å². The lowest BCUT2D eigenvalue weighted by Gasteiger charge is -2.35. The zero-order valence-electron chi connectivity index (χ0n) is 17.3. The maximum atomic E-state index is 12.6. The number of para-hydroxylation sites is 1. The Labute approximate surface area is 173 Å². The molecule has 0 bridgehead atoms. The molecule has 5 nitrogen and oxygen atoms in total. The van der Waals surface area contributed by atoms with Crippen molar-refractivity contribution in [1.29, 1.82) is 0 Å². The Hall–Kier alpha value is -2.95. The summed E-state index contributed by atoms with van der Waals surface area (Å²) in [5.74, 6) is 1.50. The molecule has 0 atom stereocenters. The van der Waals surface area contributed by atoms with Crippen LogP contribution in [0.3, 0.4) is 0 Å². The second kappa shape index (κ2) is 10.6. The van der Waals surface area contributed by atoms with Gasteiger partial charge in [-0.05, 0) is 49.2 Å². The molecule has 1 saturated heterocycles. The number of benzene rings is 2. The molecule has 154 valence electrons. The number of anilines is 1. The normalized spacial score (nSPS) is 14.3. The summed E-state index contributed by atoms with van der Waals surface area (Å²) >= 11 is 0. The van der Waals surface area contributed by atoms with Crippen molar-refractivity contribution in [3.63, 3.8) is 0 Å². The van der Waals surface area contributed by atoms with Crippen LogP contribution in [-0.4, -0.2) is 50.2 Å². The average molecular weight is 395 g/mol. The number of ether oxygens (including phenoxy) is 2. The summed E-state index contributed by atoms with van der Waals surface area (Å²) in [5, 5.41) is 0. The number of carbonyl (C=O) groups is 1. The van der Waals surface area contributed by atoms with Crippen LogP contribution in [0.4, 0.5) is 5.69 Å². The fraction of sp³-hybridized carbons (Fsp3) is 0.375. The summed E-state index contributed by atoms with van der Waals surface area (Å²) in [7, 11) is 0. The van der Waals surface area contributed by atoms with Crippen LogP contribution in [0.2, 0.25) is 0 Å². The summed E-state index contributed by atoms with van der Waals surface area (Å²) < 4.78 is 11.4. The number of carbonyl (C=O) groups excluding carboxylic acids is 1. The van der Waals surface area contributed by atoms with Gasteiger partial charge in [0.05, 0.1) is 13.2 Å². The molecule has 1 amide bonds. The van der Waals surface area contributed by atoms with E-state index in [1.54, 1.807) is 6.08 Å². The maximum absolute atomic E-state index is 12.6. The van der Waals surface area contributed by atoms with E-state index in [1.807, 2.05) is 54.3 Å². The Morgan fingerprint density at radius 3 is 2.41 bits per heavy atom. The largest absolute Gasteiger partial charge is 0.490 e. The van der Waals surface area contributed by atoms with Crippen LogP contribution >= 0.6 is 0 Å². The van der Waals surface area contributed by atoms with Crippen molar-refractivity contribution in [2.75, 3.05) is 44.3 Å². The molecule has 0 aliphatic carbocycles. The van der Waals surface area contributed by atoms with Crippen LogP contribution in [-0.2, 0) is 4.79 Å². The van der Waals surface area contributed by atoms with Crippen LogP contribution in [0.5, 0.6) is 11.5 Å². The standard InChI is InChI=1S/C24H30N2O3/c1-3-18-29-22-12-10-20(19-23(22)28-4-2)11-13-24(27)26-16-14-25(15-17-26)21-8-6-5-7-9-21/h5-13,19H,3-4,14-18H2,1-2H3/b13-11+. The van der Waals surface area contributed by atoms with Gasteiger partial charge >= 0.3 is 0 Å². The van der Waals surface area contributed by atoms with Crippen molar-refractivity contribution >= 4 is 17.7 Å². The first-order valence-corrected chi connectivity index (χ1v) is 10.4. The Kier molecular flexibility index (Phi) is 7.56. The van der Waals surface area contributed by atoms with Crippen molar-refractivity contribution in [2.45, 2.75) is 20.3 Å². The Bertz CT molecular complexity index is 812. The van der Waals surface area contributed by atoms with E-state index in [1.165, 1.54) is 5.69 Å². The molecule has 0 radical (unpaired) electrons. The molecular formula is C24H30N2O3. The lowest BCUT2D eigenvalue weighted by Crippen LogP contribution is -2.48. The molecule has 5 heteroatoms. The molecule has 1 aliphatic heterocycles. The number of hydrogen-bond acceptors (Lipinski definition) is 4. The Balaban J connectivity index is 1.58. The molecule has 0 spiro atoms. The molecule has 0 saturated carbocycles. The third-order valence-electron chi connectivity index (χ3n) is 4.86. The van der Waals surface area contributed by atoms with Crippen molar-refractivity contribution in [3.05, 3.63) is 60.2 Å². The first kappa shape index (κ1) is 20.8. The summed E-state index contributed by atoms with van der Waals surface area (Å²) in [6, 6.07) is 16.1. The van der Waals surface area contributed by atoms with Gasteiger partial charge in [0.15, 0.2) is 11.5 Å². The highest BCUT2D eigenvalue weighted by molar-refractivity contribution is 5.92. The molecule has 0 N–H and O–H groups in total. The van der Waals surface area contributed by atoms with E-state index in [9.17, 15) is 4.79 Å². The van der Waals surface area contributed by atoms with E-state index in [0.29, 0.717) is 19.0 Å².